The highest BCUT2D eigenvalue weighted by Gasteiger charge is 2.40. The van der Waals surface area contributed by atoms with Gasteiger partial charge in [-0.15, -0.1) is 0 Å². The van der Waals surface area contributed by atoms with Crippen LogP contribution < -0.4 is 5.73 Å². The van der Waals surface area contributed by atoms with Crippen LogP contribution in [0.5, 0.6) is 0 Å². The van der Waals surface area contributed by atoms with E-state index in [4.69, 9.17) is 10.5 Å². The smallest absolute Gasteiger partial charge is 0.243 e. The van der Waals surface area contributed by atoms with Gasteiger partial charge < -0.3 is 15.4 Å². The first kappa shape index (κ1) is 13.8. The minimum absolute atomic E-state index is 0.153. The zero-order chi connectivity index (χ0) is 13.0. The number of amides is 1. The maximum absolute atomic E-state index is 12.7. The van der Waals surface area contributed by atoms with E-state index < -0.39 is 5.54 Å². The topological polar surface area (TPSA) is 55.6 Å². The maximum atomic E-state index is 12.7. The number of nitrogens with zero attached hydrogens (tertiary/aromatic N) is 1. The molecule has 2 aliphatic rings. The number of carbonyl (C=O) groups is 1. The third-order valence-electron chi connectivity index (χ3n) is 4.43. The molecule has 0 unspecified atom stereocenters. The average Bonchev–Trinajstić information content (AvgIpc) is 2.41. The molecule has 0 bridgehead atoms. The van der Waals surface area contributed by atoms with E-state index in [2.05, 4.69) is 6.92 Å². The van der Waals surface area contributed by atoms with Crippen molar-refractivity contribution >= 4 is 5.91 Å². The van der Waals surface area contributed by atoms with Gasteiger partial charge in [-0.2, -0.15) is 0 Å². The molecule has 1 heterocycles. The van der Waals surface area contributed by atoms with E-state index in [0.717, 1.165) is 19.4 Å². The van der Waals surface area contributed by atoms with Gasteiger partial charge in [0.25, 0.3) is 0 Å². The molecule has 1 aliphatic carbocycles. The first-order valence-electron chi connectivity index (χ1n) is 7.35. The molecule has 1 aliphatic heterocycles. The molecular weight excluding hydrogens is 228 g/mol. The highest BCUT2D eigenvalue weighted by atomic mass is 16.5. The molecule has 0 radical (unpaired) electrons. The van der Waals surface area contributed by atoms with E-state index in [1.54, 1.807) is 0 Å². The second kappa shape index (κ2) is 6.02. The van der Waals surface area contributed by atoms with Gasteiger partial charge in [-0.3, -0.25) is 4.79 Å². The van der Waals surface area contributed by atoms with Gasteiger partial charge in [0.1, 0.15) is 0 Å². The van der Waals surface area contributed by atoms with Crippen LogP contribution in [0.15, 0.2) is 0 Å². The average molecular weight is 254 g/mol. The number of likely N-dealkylation sites (N-methyl/N-ethyl adjacent to an activating group) is 1. The third-order valence-corrected chi connectivity index (χ3v) is 4.43. The summed E-state index contributed by atoms with van der Waals surface area (Å²) in [6.07, 6.45) is 7.41. The number of rotatable bonds is 3. The number of ether oxygens (including phenoxy) is 1. The van der Waals surface area contributed by atoms with Crippen molar-refractivity contribution in [2.24, 2.45) is 5.73 Å². The Morgan fingerprint density at radius 3 is 2.44 bits per heavy atom. The van der Waals surface area contributed by atoms with Crippen molar-refractivity contribution in [2.45, 2.75) is 63.5 Å². The molecule has 2 rings (SSSR count). The molecule has 1 amide bonds. The lowest BCUT2D eigenvalue weighted by molar-refractivity contribution is -0.143. The molecule has 4 nitrogen and oxygen atoms in total. The van der Waals surface area contributed by atoms with Gasteiger partial charge >= 0.3 is 0 Å². The van der Waals surface area contributed by atoms with Crippen molar-refractivity contribution in [3.05, 3.63) is 0 Å². The van der Waals surface area contributed by atoms with Crippen molar-refractivity contribution in [3.8, 4) is 0 Å². The second-order valence-corrected chi connectivity index (χ2v) is 5.65. The van der Waals surface area contributed by atoms with Gasteiger partial charge in [0.05, 0.1) is 5.54 Å². The molecule has 2 fully saturated rings. The van der Waals surface area contributed by atoms with E-state index in [1.807, 2.05) is 4.90 Å². The summed E-state index contributed by atoms with van der Waals surface area (Å²) in [6, 6.07) is 0.416. The Bertz CT molecular complexity index is 282. The molecule has 0 aromatic heterocycles. The van der Waals surface area contributed by atoms with Gasteiger partial charge in [-0.1, -0.05) is 19.3 Å². The summed E-state index contributed by atoms with van der Waals surface area (Å²) >= 11 is 0. The van der Waals surface area contributed by atoms with Crippen LogP contribution in [0.2, 0.25) is 0 Å². The van der Waals surface area contributed by atoms with Crippen LogP contribution in [0, 0.1) is 0 Å². The Balaban J connectivity index is 2.03. The fourth-order valence-corrected chi connectivity index (χ4v) is 3.20. The number of nitrogens with two attached hydrogens (primary N) is 1. The van der Waals surface area contributed by atoms with Crippen molar-refractivity contribution in [1.82, 2.24) is 4.90 Å². The molecule has 104 valence electrons. The Labute approximate surface area is 110 Å². The molecule has 0 aromatic carbocycles. The molecule has 0 spiro atoms. The molecule has 0 aromatic rings. The SMILES string of the molecule is CCN(C(=O)C1(N)CCOCC1)C1CCCCC1. The zero-order valence-electron chi connectivity index (χ0n) is 11.5. The quantitative estimate of drug-likeness (QED) is 0.833. The van der Waals surface area contributed by atoms with Gasteiger partial charge in [0, 0.05) is 25.8 Å². The first-order chi connectivity index (χ1) is 8.67. The minimum Gasteiger partial charge on any atom is -0.381 e. The van der Waals surface area contributed by atoms with Crippen LogP contribution in [-0.4, -0.2) is 42.1 Å². The van der Waals surface area contributed by atoms with Crippen LogP contribution in [0.1, 0.15) is 51.9 Å². The van der Waals surface area contributed by atoms with Crippen molar-refractivity contribution in [2.75, 3.05) is 19.8 Å². The Morgan fingerprint density at radius 2 is 1.89 bits per heavy atom. The standard InChI is InChI=1S/C14H26N2O2/c1-2-16(12-6-4-3-5-7-12)13(17)14(15)8-10-18-11-9-14/h12H,2-11,15H2,1H3. The molecular formula is C14H26N2O2. The fourth-order valence-electron chi connectivity index (χ4n) is 3.20. The lowest BCUT2D eigenvalue weighted by Gasteiger charge is -2.41. The van der Waals surface area contributed by atoms with Crippen LogP contribution >= 0.6 is 0 Å². The summed E-state index contributed by atoms with van der Waals surface area (Å²) < 4.78 is 5.32. The van der Waals surface area contributed by atoms with Crippen LogP contribution in [-0.2, 0) is 9.53 Å². The molecule has 4 heteroatoms. The third kappa shape index (κ3) is 2.86. The van der Waals surface area contributed by atoms with E-state index in [0.29, 0.717) is 32.1 Å². The van der Waals surface area contributed by atoms with Crippen LogP contribution in [0.4, 0.5) is 0 Å². The van der Waals surface area contributed by atoms with Crippen LogP contribution in [0.25, 0.3) is 0 Å². The Kier molecular flexibility index (Phi) is 4.62. The highest BCUT2D eigenvalue weighted by Crippen LogP contribution is 2.27. The lowest BCUT2D eigenvalue weighted by atomic mass is 9.87. The fraction of sp³-hybridized carbons (Fsp3) is 0.929. The summed E-state index contributed by atoms with van der Waals surface area (Å²) in [7, 11) is 0. The van der Waals surface area contributed by atoms with E-state index >= 15 is 0 Å². The van der Waals surface area contributed by atoms with Gasteiger partial charge in [0.2, 0.25) is 5.91 Å². The number of carbonyl (C=O) groups excluding carboxylic acids is 1. The minimum atomic E-state index is -0.675. The second-order valence-electron chi connectivity index (χ2n) is 5.65. The molecule has 2 N–H and O–H groups in total. The number of hydrogen-bond donors (Lipinski definition) is 1. The Morgan fingerprint density at radius 1 is 1.28 bits per heavy atom. The van der Waals surface area contributed by atoms with Gasteiger partial charge in [-0.25, -0.2) is 0 Å². The predicted molar refractivity (Wildman–Crippen MR) is 71.2 cm³/mol. The zero-order valence-corrected chi connectivity index (χ0v) is 11.5. The molecule has 1 saturated carbocycles. The molecule has 18 heavy (non-hydrogen) atoms. The number of hydrogen-bond acceptors (Lipinski definition) is 3. The van der Waals surface area contributed by atoms with E-state index in [-0.39, 0.29) is 5.91 Å². The van der Waals surface area contributed by atoms with E-state index in [1.165, 1.54) is 19.3 Å². The molecule has 1 saturated heterocycles. The van der Waals surface area contributed by atoms with Gasteiger partial charge in [-0.05, 0) is 32.6 Å². The summed E-state index contributed by atoms with van der Waals surface area (Å²) in [5.74, 6) is 0.153. The van der Waals surface area contributed by atoms with E-state index in [9.17, 15) is 4.79 Å². The maximum Gasteiger partial charge on any atom is 0.243 e. The van der Waals surface area contributed by atoms with Gasteiger partial charge in [0.15, 0.2) is 0 Å². The largest absolute Gasteiger partial charge is 0.381 e. The van der Waals surface area contributed by atoms with Crippen molar-refractivity contribution in [3.63, 3.8) is 0 Å². The predicted octanol–water partition coefficient (Wildman–Crippen LogP) is 1.68. The first-order valence-corrected chi connectivity index (χ1v) is 7.35. The lowest BCUT2D eigenvalue weighted by Crippen LogP contribution is -2.60. The van der Waals surface area contributed by atoms with Crippen LogP contribution in [0.3, 0.4) is 0 Å². The summed E-state index contributed by atoms with van der Waals surface area (Å²) in [4.78, 5) is 14.7. The monoisotopic (exact) mass is 254 g/mol. The summed E-state index contributed by atoms with van der Waals surface area (Å²) in [6.45, 7) is 4.08. The summed E-state index contributed by atoms with van der Waals surface area (Å²) in [5.41, 5.74) is 5.64. The van der Waals surface area contributed by atoms with Crippen molar-refractivity contribution < 1.29 is 9.53 Å². The highest BCUT2D eigenvalue weighted by molar-refractivity contribution is 5.86. The van der Waals surface area contributed by atoms with Crippen molar-refractivity contribution in [1.29, 1.82) is 0 Å². The Hall–Kier alpha value is -0.610. The normalized spacial score (nSPS) is 24.8. The molecule has 0 atom stereocenters. The summed E-state index contributed by atoms with van der Waals surface area (Å²) in [5, 5.41) is 0.